The van der Waals surface area contributed by atoms with Gasteiger partial charge in [0.1, 0.15) is 4.90 Å². The zero-order valence-corrected chi connectivity index (χ0v) is 13.6. The highest BCUT2D eigenvalue weighted by Gasteiger charge is 2.22. The van der Waals surface area contributed by atoms with E-state index in [0.29, 0.717) is 0 Å². The predicted molar refractivity (Wildman–Crippen MR) is 84.2 cm³/mol. The number of carbonyl (C=O) groups excluding carboxylic acids is 1. The molecule has 0 unspecified atom stereocenters. The number of hydrogen-bond acceptors (Lipinski definition) is 4. The van der Waals surface area contributed by atoms with E-state index >= 15 is 0 Å². The van der Waals surface area contributed by atoms with Gasteiger partial charge < -0.3 is 4.18 Å². The second kappa shape index (κ2) is 5.93. The van der Waals surface area contributed by atoms with Crippen molar-refractivity contribution in [2.45, 2.75) is 31.1 Å². The van der Waals surface area contributed by atoms with E-state index < -0.39 is 16.1 Å². The molecule has 4 nitrogen and oxygen atoms in total. The molecule has 0 fully saturated rings. The van der Waals surface area contributed by atoms with E-state index in [1.165, 1.54) is 24.3 Å². The Bertz CT molecular complexity index is 755. The van der Waals surface area contributed by atoms with Gasteiger partial charge in [0, 0.05) is 0 Å². The van der Waals surface area contributed by atoms with Crippen LogP contribution >= 0.6 is 0 Å². The van der Waals surface area contributed by atoms with Crippen molar-refractivity contribution in [2.75, 3.05) is 0 Å². The van der Waals surface area contributed by atoms with Crippen molar-refractivity contribution < 1.29 is 17.4 Å². The molecule has 22 heavy (non-hydrogen) atoms. The summed E-state index contributed by atoms with van der Waals surface area (Å²) in [6, 6.07) is 14.4. The van der Waals surface area contributed by atoms with Crippen LogP contribution in [0.15, 0.2) is 59.5 Å². The lowest BCUT2D eigenvalue weighted by molar-refractivity contribution is 0.0746. The van der Waals surface area contributed by atoms with Gasteiger partial charge in [0.15, 0.2) is 0 Å². The second-order valence-corrected chi connectivity index (χ2v) is 7.51. The average Bonchev–Trinajstić information content (AvgIpc) is 2.47. The third-order valence-corrected chi connectivity index (χ3v) is 4.42. The highest BCUT2D eigenvalue weighted by molar-refractivity contribution is 7.87. The normalized spacial score (nSPS) is 12.0. The van der Waals surface area contributed by atoms with Crippen molar-refractivity contribution in [3.05, 3.63) is 65.7 Å². The number of carbonyl (C=O) groups is 1. The molecular weight excluding hydrogens is 300 g/mol. The molecule has 2 aromatic carbocycles. The first-order chi connectivity index (χ1) is 10.2. The molecule has 0 saturated heterocycles. The second-order valence-electron chi connectivity index (χ2n) is 5.97. The first-order valence-electron chi connectivity index (χ1n) is 6.84. The Balaban J connectivity index is 2.22. The maximum atomic E-state index is 12.1. The Morgan fingerprint density at radius 2 is 1.45 bits per heavy atom. The molecule has 0 amide bonds. The molecule has 0 atom stereocenters. The number of hydrogen-bond donors (Lipinski definition) is 0. The largest absolute Gasteiger partial charge is 0.354 e. The maximum absolute atomic E-state index is 12.1. The SMILES string of the molecule is CC(C)(C)c1ccc(S(=O)(=O)OC(=O)c2ccccc2)cc1. The van der Waals surface area contributed by atoms with Crippen LogP contribution in [0.2, 0.25) is 0 Å². The van der Waals surface area contributed by atoms with Crippen LogP contribution in [0.1, 0.15) is 36.7 Å². The third kappa shape index (κ3) is 3.74. The summed E-state index contributed by atoms with van der Waals surface area (Å²) < 4.78 is 28.9. The van der Waals surface area contributed by atoms with Crippen LogP contribution in [-0.4, -0.2) is 14.4 Å². The average molecular weight is 318 g/mol. The summed E-state index contributed by atoms with van der Waals surface area (Å²) >= 11 is 0. The predicted octanol–water partition coefficient (Wildman–Crippen LogP) is 3.53. The molecule has 0 aromatic heterocycles. The highest BCUT2D eigenvalue weighted by atomic mass is 32.2. The molecule has 2 rings (SSSR count). The van der Waals surface area contributed by atoms with E-state index in [0.717, 1.165) is 5.56 Å². The zero-order chi connectivity index (χ0) is 16.4. The van der Waals surface area contributed by atoms with Gasteiger partial charge in [-0.05, 0) is 35.2 Å². The topological polar surface area (TPSA) is 60.4 Å². The standard InChI is InChI=1S/C17H18O4S/c1-17(2,3)14-9-11-15(12-10-14)22(19,20)21-16(18)13-7-5-4-6-8-13/h4-12H,1-3H3. The molecule has 0 heterocycles. The molecule has 0 saturated carbocycles. The van der Waals surface area contributed by atoms with Gasteiger partial charge in [-0.2, -0.15) is 8.42 Å². The fourth-order valence-electron chi connectivity index (χ4n) is 1.89. The minimum atomic E-state index is -4.12. The van der Waals surface area contributed by atoms with Crippen LogP contribution in [0.3, 0.4) is 0 Å². The van der Waals surface area contributed by atoms with Gasteiger partial charge in [-0.15, -0.1) is 0 Å². The van der Waals surface area contributed by atoms with Crippen molar-refractivity contribution in [1.82, 2.24) is 0 Å². The van der Waals surface area contributed by atoms with Crippen LogP contribution < -0.4 is 0 Å². The minimum absolute atomic E-state index is 0.0372. The summed E-state index contributed by atoms with van der Waals surface area (Å²) in [6.45, 7) is 6.10. The molecular formula is C17H18O4S. The fourth-order valence-corrected chi connectivity index (χ4v) is 2.75. The van der Waals surface area contributed by atoms with Gasteiger partial charge in [0.05, 0.1) is 5.56 Å². The molecule has 0 aliphatic heterocycles. The summed E-state index contributed by atoms with van der Waals surface area (Å²) in [5.74, 6) is -0.888. The Hall–Kier alpha value is -2.14. The van der Waals surface area contributed by atoms with Gasteiger partial charge in [0.25, 0.3) is 0 Å². The van der Waals surface area contributed by atoms with Crippen molar-refractivity contribution in [2.24, 2.45) is 0 Å². The monoisotopic (exact) mass is 318 g/mol. The van der Waals surface area contributed by atoms with Crippen molar-refractivity contribution in [3.63, 3.8) is 0 Å². The number of rotatable bonds is 3. The summed E-state index contributed by atoms with van der Waals surface area (Å²) in [4.78, 5) is 11.8. The molecule has 116 valence electrons. The quantitative estimate of drug-likeness (QED) is 0.812. The van der Waals surface area contributed by atoms with Crippen LogP contribution in [0.5, 0.6) is 0 Å². The van der Waals surface area contributed by atoms with E-state index in [1.54, 1.807) is 30.3 Å². The molecule has 0 spiro atoms. The van der Waals surface area contributed by atoms with E-state index in [1.807, 2.05) is 20.8 Å². The molecule has 0 aliphatic carbocycles. The summed E-state index contributed by atoms with van der Waals surface area (Å²) in [5.41, 5.74) is 1.11. The number of benzene rings is 2. The lowest BCUT2D eigenvalue weighted by atomic mass is 9.87. The van der Waals surface area contributed by atoms with Crippen molar-refractivity contribution in [1.29, 1.82) is 0 Å². The first kappa shape index (κ1) is 16.2. The van der Waals surface area contributed by atoms with Gasteiger partial charge in [-0.3, -0.25) is 0 Å². The van der Waals surface area contributed by atoms with Crippen molar-refractivity contribution >= 4 is 16.1 Å². The van der Waals surface area contributed by atoms with Crippen LogP contribution in [0.4, 0.5) is 0 Å². The van der Waals surface area contributed by atoms with E-state index in [-0.39, 0.29) is 15.9 Å². The highest BCUT2D eigenvalue weighted by Crippen LogP contribution is 2.24. The molecule has 0 radical (unpaired) electrons. The molecule has 5 heteroatoms. The molecule has 0 aliphatic rings. The van der Waals surface area contributed by atoms with Gasteiger partial charge >= 0.3 is 16.1 Å². The van der Waals surface area contributed by atoms with E-state index in [9.17, 15) is 13.2 Å². The third-order valence-electron chi connectivity index (χ3n) is 3.20. The van der Waals surface area contributed by atoms with E-state index in [2.05, 4.69) is 4.18 Å². The summed E-state index contributed by atoms with van der Waals surface area (Å²) in [6.07, 6.45) is 0. The smallest absolute Gasteiger partial charge is 0.338 e. The fraction of sp³-hybridized carbons (Fsp3) is 0.235. The molecule has 0 N–H and O–H groups in total. The Morgan fingerprint density at radius 1 is 0.909 bits per heavy atom. The van der Waals surface area contributed by atoms with Gasteiger partial charge in [0.2, 0.25) is 0 Å². The molecule has 0 bridgehead atoms. The Kier molecular flexibility index (Phi) is 4.37. The minimum Gasteiger partial charge on any atom is -0.338 e. The lowest BCUT2D eigenvalue weighted by Crippen LogP contribution is -2.15. The van der Waals surface area contributed by atoms with Crippen LogP contribution in [-0.2, 0) is 19.7 Å². The summed E-state index contributed by atoms with van der Waals surface area (Å²) in [5, 5.41) is 0. The Labute approximate surface area is 130 Å². The maximum Gasteiger partial charge on any atom is 0.354 e. The summed E-state index contributed by atoms with van der Waals surface area (Å²) in [7, 11) is -4.12. The van der Waals surface area contributed by atoms with Crippen molar-refractivity contribution in [3.8, 4) is 0 Å². The Morgan fingerprint density at radius 3 is 1.95 bits per heavy atom. The van der Waals surface area contributed by atoms with E-state index in [4.69, 9.17) is 0 Å². The molecule has 2 aromatic rings. The lowest BCUT2D eigenvalue weighted by Gasteiger charge is -2.19. The first-order valence-corrected chi connectivity index (χ1v) is 8.25. The zero-order valence-electron chi connectivity index (χ0n) is 12.7. The van der Waals surface area contributed by atoms with Gasteiger partial charge in [-0.1, -0.05) is 51.1 Å². The van der Waals surface area contributed by atoms with Crippen LogP contribution in [0, 0.1) is 0 Å². The van der Waals surface area contributed by atoms with Gasteiger partial charge in [-0.25, -0.2) is 4.79 Å². The van der Waals surface area contributed by atoms with Crippen LogP contribution in [0.25, 0.3) is 0 Å².